The molecule has 0 spiro atoms. The van der Waals surface area contributed by atoms with Crippen LogP contribution < -0.4 is 5.32 Å². The molecule has 1 unspecified atom stereocenters. The zero-order valence-corrected chi connectivity index (χ0v) is 11.5. The van der Waals surface area contributed by atoms with Crippen molar-refractivity contribution in [3.8, 4) is 0 Å². The molecule has 0 aliphatic rings. The van der Waals surface area contributed by atoms with Gasteiger partial charge in [0.25, 0.3) is 0 Å². The van der Waals surface area contributed by atoms with Crippen molar-refractivity contribution in [3.05, 3.63) is 23.4 Å². The molecule has 4 heteroatoms. The maximum Gasteiger partial charge on any atom is 0.335 e. The lowest BCUT2D eigenvalue weighted by Gasteiger charge is -2.16. The molecule has 0 saturated carbocycles. The monoisotopic (exact) mass is 250 g/mol. The number of hydrogen-bond acceptors (Lipinski definition) is 3. The molecule has 18 heavy (non-hydrogen) atoms. The van der Waals surface area contributed by atoms with Gasteiger partial charge in [0.05, 0.1) is 5.56 Å². The predicted octanol–water partition coefficient (Wildman–Crippen LogP) is 3.32. The number of pyridine rings is 1. The number of hydrogen-bond donors (Lipinski definition) is 2. The van der Waals surface area contributed by atoms with Gasteiger partial charge in [-0.25, -0.2) is 9.78 Å². The fourth-order valence-corrected chi connectivity index (χ4v) is 1.77. The number of aromatic nitrogens is 1. The first-order chi connectivity index (χ1) is 8.38. The Balaban J connectivity index is 2.69. The van der Waals surface area contributed by atoms with Crippen LogP contribution in [0.3, 0.4) is 0 Å². The number of aromatic carboxylic acids is 1. The van der Waals surface area contributed by atoms with Gasteiger partial charge in [0, 0.05) is 11.7 Å². The van der Waals surface area contributed by atoms with E-state index in [0.717, 1.165) is 12.8 Å². The number of carbonyl (C=O) groups is 1. The van der Waals surface area contributed by atoms with E-state index in [4.69, 9.17) is 5.11 Å². The smallest absolute Gasteiger partial charge is 0.335 e. The van der Waals surface area contributed by atoms with Gasteiger partial charge in [0.2, 0.25) is 0 Å². The zero-order valence-electron chi connectivity index (χ0n) is 11.5. The average molecular weight is 250 g/mol. The Morgan fingerprint density at radius 1 is 1.33 bits per heavy atom. The molecule has 0 aromatic carbocycles. The number of carboxylic acid groups (broad SMARTS) is 1. The Kier molecular flexibility index (Phi) is 5.13. The first-order valence-corrected chi connectivity index (χ1v) is 6.37. The van der Waals surface area contributed by atoms with Gasteiger partial charge in [-0.3, -0.25) is 0 Å². The van der Waals surface area contributed by atoms with E-state index in [1.54, 1.807) is 19.1 Å². The van der Waals surface area contributed by atoms with E-state index in [1.165, 1.54) is 0 Å². The van der Waals surface area contributed by atoms with Gasteiger partial charge in [0.15, 0.2) is 0 Å². The van der Waals surface area contributed by atoms with E-state index in [2.05, 4.69) is 31.1 Å². The van der Waals surface area contributed by atoms with Crippen molar-refractivity contribution in [2.24, 2.45) is 5.92 Å². The second-order valence-corrected chi connectivity index (χ2v) is 5.20. The minimum absolute atomic E-state index is 0.279. The van der Waals surface area contributed by atoms with Crippen LogP contribution in [0.25, 0.3) is 0 Å². The first kappa shape index (κ1) is 14.5. The van der Waals surface area contributed by atoms with Crippen molar-refractivity contribution in [2.75, 3.05) is 5.32 Å². The van der Waals surface area contributed by atoms with Crippen LogP contribution in [0.1, 0.15) is 49.7 Å². The molecule has 1 atom stereocenters. The highest BCUT2D eigenvalue weighted by Crippen LogP contribution is 2.14. The van der Waals surface area contributed by atoms with Crippen LogP contribution >= 0.6 is 0 Å². The largest absolute Gasteiger partial charge is 0.478 e. The van der Waals surface area contributed by atoms with Gasteiger partial charge in [-0.15, -0.1) is 0 Å². The topological polar surface area (TPSA) is 62.2 Å². The Labute approximate surface area is 108 Å². The van der Waals surface area contributed by atoms with Crippen LogP contribution in [0.4, 0.5) is 5.82 Å². The minimum atomic E-state index is -0.918. The van der Waals surface area contributed by atoms with Gasteiger partial charge in [-0.2, -0.15) is 0 Å². The summed E-state index contributed by atoms with van der Waals surface area (Å²) >= 11 is 0. The maximum atomic E-state index is 11.0. The van der Waals surface area contributed by atoms with Gasteiger partial charge in [0.1, 0.15) is 5.82 Å². The highest BCUT2D eigenvalue weighted by Gasteiger charge is 2.09. The molecule has 0 bridgehead atoms. The van der Waals surface area contributed by atoms with Crippen LogP contribution in [-0.2, 0) is 0 Å². The Morgan fingerprint density at radius 2 is 2.00 bits per heavy atom. The average Bonchev–Trinajstić information content (AvgIpc) is 2.25. The lowest BCUT2D eigenvalue weighted by atomic mass is 10.0. The summed E-state index contributed by atoms with van der Waals surface area (Å²) in [6.45, 7) is 8.28. The predicted molar refractivity (Wildman–Crippen MR) is 73.1 cm³/mol. The molecule has 4 nitrogen and oxygen atoms in total. The van der Waals surface area contributed by atoms with Crippen LogP contribution in [-0.4, -0.2) is 22.1 Å². The molecular formula is C14H22N2O2. The third kappa shape index (κ3) is 4.73. The molecule has 0 fully saturated rings. The summed E-state index contributed by atoms with van der Waals surface area (Å²) in [7, 11) is 0. The van der Waals surface area contributed by atoms with Gasteiger partial charge < -0.3 is 10.4 Å². The quantitative estimate of drug-likeness (QED) is 0.813. The van der Waals surface area contributed by atoms with E-state index < -0.39 is 5.97 Å². The zero-order chi connectivity index (χ0) is 13.7. The number of carboxylic acids is 1. The van der Waals surface area contributed by atoms with E-state index in [-0.39, 0.29) is 5.56 Å². The van der Waals surface area contributed by atoms with Gasteiger partial charge >= 0.3 is 5.97 Å². The van der Waals surface area contributed by atoms with Crippen molar-refractivity contribution in [1.82, 2.24) is 4.98 Å². The second-order valence-electron chi connectivity index (χ2n) is 5.20. The highest BCUT2D eigenvalue weighted by molar-refractivity contribution is 5.88. The molecule has 1 heterocycles. The summed E-state index contributed by atoms with van der Waals surface area (Å²) in [6.07, 6.45) is 2.20. The molecule has 1 aromatic rings. The Hall–Kier alpha value is -1.58. The summed E-state index contributed by atoms with van der Waals surface area (Å²) in [4.78, 5) is 15.3. The van der Waals surface area contributed by atoms with E-state index in [9.17, 15) is 4.79 Å². The normalized spacial score (nSPS) is 12.5. The lowest BCUT2D eigenvalue weighted by Crippen LogP contribution is -2.17. The number of nitrogens with zero attached hydrogens (tertiary/aromatic N) is 1. The van der Waals surface area contributed by atoms with Gasteiger partial charge in [-0.1, -0.05) is 13.8 Å². The molecule has 0 saturated heterocycles. The standard InChI is InChI=1S/C14H22N2O2/c1-9(2)5-6-10(3)15-13-8-12(14(17)18)7-11(4)16-13/h7-10H,5-6H2,1-4H3,(H,15,16)(H,17,18). The van der Waals surface area contributed by atoms with Gasteiger partial charge in [-0.05, 0) is 44.7 Å². The van der Waals surface area contributed by atoms with Crippen molar-refractivity contribution in [3.63, 3.8) is 0 Å². The first-order valence-electron chi connectivity index (χ1n) is 6.37. The summed E-state index contributed by atoms with van der Waals surface area (Å²) in [5.74, 6) is 0.399. The highest BCUT2D eigenvalue weighted by atomic mass is 16.4. The summed E-state index contributed by atoms with van der Waals surface area (Å²) in [6, 6.07) is 3.45. The third-order valence-electron chi connectivity index (χ3n) is 2.77. The third-order valence-corrected chi connectivity index (χ3v) is 2.77. The molecule has 1 aromatic heterocycles. The second kappa shape index (κ2) is 6.38. The number of rotatable bonds is 6. The molecular weight excluding hydrogens is 228 g/mol. The number of nitrogens with one attached hydrogen (secondary N) is 1. The summed E-state index contributed by atoms with van der Waals surface area (Å²) < 4.78 is 0. The molecule has 0 radical (unpaired) electrons. The Morgan fingerprint density at radius 3 is 2.56 bits per heavy atom. The number of aryl methyl sites for hydroxylation is 1. The van der Waals surface area contributed by atoms with E-state index in [1.807, 2.05) is 0 Å². The molecule has 0 amide bonds. The maximum absolute atomic E-state index is 11.0. The van der Waals surface area contributed by atoms with E-state index >= 15 is 0 Å². The van der Waals surface area contributed by atoms with E-state index in [0.29, 0.717) is 23.5 Å². The van der Waals surface area contributed by atoms with Crippen molar-refractivity contribution >= 4 is 11.8 Å². The molecule has 100 valence electrons. The molecule has 0 aliphatic carbocycles. The Bertz CT molecular complexity index is 416. The van der Waals surface area contributed by atoms with Crippen LogP contribution in [0.2, 0.25) is 0 Å². The fraction of sp³-hybridized carbons (Fsp3) is 0.571. The molecule has 1 rings (SSSR count). The SMILES string of the molecule is Cc1cc(C(=O)O)cc(NC(C)CCC(C)C)n1. The van der Waals surface area contributed by atoms with Crippen molar-refractivity contribution in [2.45, 2.75) is 46.6 Å². The van der Waals surface area contributed by atoms with Crippen LogP contribution in [0.5, 0.6) is 0 Å². The number of anilines is 1. The molecule has 2 N–H and O–H groups in total. The summed E-state index contributed by atoms with van der Waals surface area (Å²) in [5.41, 5.74) is 0.995. The summed E-state index contributed by atoms with van der Waals surface area (Å²) in [5, 5.41) is 12.2. The lowest BCUT2D eigenvalue weighted by molar-refractivity contribution is 0.0696. The van der Waals surface area contributed by atoms with Crippen LogP contribution in [0, 0.1) is 12.8 Å². The molecule has 0 aliphatic heterocycles. The van der Waals surface area contributed by atoms with Crippen molar-refractivity contribution in [1.29, 1.82) is 0 Å². The minimum Gasteiger partial charge on any atom is -0.478 e. The van der Waals surface area contributed by atoms with Crippen molar-refractivity contribution < 1.29 is 9.90 Å². The fourth-order valence-electron chi connectivity index (χ4n) is 1.77. The van der Waals surface area contributed by atoms with Crippen LogP contribution in [0.15, 0.2) is 12.1 Å².